The van der Waals surface area contributed by atoms with Crippen LogP contribution in [0.15, 0.2) is 0 Å². The highest BCUT2D eigenvalue weighted by atomic mass is 16.3. The third kappa shape index (κ3) is 3.05. The van der Waals surface area contributed by atoms with Crippen molar-refractivity contribution < 1.29 is 5.11 Å². The second kappa shape index (κ2) is 6.33. The molecule has 0 spiro atoms. The van der Waals surface area contributed by atoms with Gasteiger partial charge in [-0.1, -0.05) is 0 Å². The van der Waals surface area contributed by atoms with Gasteiger partial charge in [-0.2, -0.15) is 0 Å². The van der Waals surface area contributed by atoms with Crippen LogP contribution in [-0.2, 0) is 0 Å². The average molecular weight is 255 g/mol. The lowest BCUT2D eigenvalue weighted by atomic mass is 9.85. The van der Waals surface area contributed by atoms with Gasteiger partial charge in [-0.25, -0.2) is 0 Å². The van der Waals surface area contributed by atoms with E-state index in [-0.39, 0.29) is 5.54 Å². The van der Waals surface area contributed by atoms with Crippen LogP contribution in [0.25, 0.3) is 0 Å². The highest BCUT2D eigenvalue weighted by Crippen LogP contribution is 2.29. The van der Waals surface area contributed by atoms with Gasteiger partial charge < -0.3 is 15.3 Å². The molecular formula is C14H29N3O. The molecule has 2 aliphatic heterocycles. The van der Waals surface area contributed by atoms with Crippen LogP contribution in [0.4, 0.5) is 0 Å². The van der Waals surface area contributed by atoms with Gasteiger partial charge in [0.1, 0.15) is 0 Å². The van der Waals surface area contributed by atoms with Crippen molar-refractivity contribution in [3.8, 4) is 0 Å². The highest BCUT2D eigenvalue weighted by Gasteiger charge is 2.39. The zero-order chi connectivity index (χ0) is 13.0. The fourth-order valence-electron chi connectivity index (χ4n) is 3.35. The van der Waals surface area contributed by atoms with Gasteiger partial charge in [0.25, 0.3) is 0 Å². The number of hydrogen-bond acceptors (Lipinski definition) is 4. The van der Waals surface area contributed by atoms with Crippen molar-refractivity contribution in [2.75, 3.05) is 45.9 Å². The van der Waals surface area contributed by atoms with Crippen LogP contribution in [-0.4, -0.2) is 72.4 Å². The molecule has 2 fully saturated rings. The summed E-state index contributed by atoms with van der Waals surface area (Å²) in [5.41, 5.74) is 0.0530. The van der Waals surface area contributed by atoms with Crippen molar-refractivity contribution in [3.05, 3.63) is 0 Å². The van der Waals surface area contributed by atoms with Crippen molar-refractivity contribution in [2.24, 2.45) is 0 Å². The minimum atomic E-state index is 0.0530. The third-order valence-electron chi connectivity index (χ3n) is 4.76. The largest absolute Gasteiger partial charge is 0.394 e. The van der Waals surface area contributed by atoms with Gasteiger partial charge in [-0.15, -0.1) is 0 Å². The quantitative estimate of drug-likeness (QED) is 0.771. The molecule has 0 aliphatic carbocycles. The molecule has 0 bridgehead atoms. The Kier molecular flexibility index (Phi) is 5.01. The van der Waals surface area contributed by atoms with Crippen molar-refractivity contribution in [3.63, 3.8) is 0 Å². The Balaban J connectivity index is 1.98. The molecule has 0 amide bonds. The molecule has 2 rings (SSSR count). The average Bonchev–Trinajstić information content (AvgIpc) is 2.68. The van der Waals surface area contributed by atoms with Crippen LogP contribution in [0.1, 0.15) is 33.1 Å². The second-order valence-electron chi connectivity index (χ2n) is 6.10. The summed E-state index contributed by atoms with van der Waals surface area (Å²) in [7, 11) is 0. The SMILES string of the molecule is CC(C)N1CCC(CO)(N2CCCNCC2)CC1. The van der Waals surface area contributed by atoms with Gasteiger partial charge >= 0.3 is 0 Å². The minimum absolute atomic E-state index is 0.0530. The van der Waals surface area contributed by atoms with E-state index in [1.54, 1.807) is 0 Å². The number of rotatable bonds is 3. The lowest BCUT2D eigenvalue weighted by molar-refractivity contribution is -0.0220. The summed E-state index contributed by atoms with van der Waals surface area (Å²) in [5, 5.41) is 13.4. The van der Waals surface area contributed by atoms with E-state index in [2.05, 4.69) is 29.0 Å². The summed E-state index contributed by atoms with van der Waals surface area (Å²) in [4.78, 5) is 5.08. The van der Waals surface area contributed by atoms with E-state index < -0.39 is 0 Å². The van der Waals surface area contributed by atoms with Gasteiger partial charge in [0.05, 0.1) is 6.61 Å². The predicted octanol–water partition coefficient (Wildman–Crippen LogP) is 0.517. The Morgan fingerprint density at radius 1 is 1.11 bits per heavy atom. The third-order valence-corrected chi connectivity index (χ3v) is 4.76. The van der Waals surface area contributed by atoms with E-state index in [9.17, 15) is 5.11 Å². The van der Waals surface area contributed by atoms with Gasteiger partial charge in [0.2, 0.25) is 0 Å². The first-order valence-corrected chi connectivity index (χ1v) is 7.49. The molecular weight excluding hydrogens is 226 g/mol. The molecule has 0 radical (unpaired) electrons. The smallest absolute Gasteiger partial charge is 0.0616 e. The topological polar surface area (TPSA) is 38.7 Å². The van der Waals surface area contributed by atoms with Crippen LogP contribution in [0, 0.1) is 0 Å². The van der Waals surface area contributed by atoms with E-state index in [1.807, 2.05) is 0 Å². The lowest BCUT2D eigenvalue weighted by Gasteiger charge is -2.48. The standard InChI is InChI=1S/C14H29N3O/c1-13(2)16-9-4-14(12-18,5-10-16)17-8-3-6-15-7-11-17/h13,15,18H,3-12H2,1-2H3. The van der Waals surface area contributed by atoms with E-state index in [1.165, 1.54) is 6.42 Å². The van der Waals surface area contributed by atoms with E-state index in [0.717, 1.165) is 52.1 Å². The minimum Gasteiger partial charge on any atom is -0.394 e. The molecule has 0 aromatic heterocycles. The fourth-order valence-corrected chi connectivity index (χ4v) is 3.35. The summed E-state index contributed by atoms with van der Waals surface area (Å²) in [6.45, 7) is 11.5. The maximum atomic E-state index is 9.93. The van der Waals surface area contributed by atoms with Gasteiger partial charge in [0.15, 0.2) is 0 Å². The highest BCUT2D eigenvalue weighted by molar-refractivity contribution is 4.96. The lowest BCUT2D eigenvalue weighted by Crippen LogP contribution is -2.59. The molecule has 0 atom stereocenters. The van der Waals surface area contributed by atoms with Crippen LogP contribution in [0.5, 0.6) is 0 Å². The van der Waals surface area contributed by atoms with Crippen molar-refractivity contribution in [1.82, 2.24) is 15.1 Å². The van der Waals surface area contributed by atoms with Gasteiger partial charge in [-0.3, -0.25) is 4.90 Å². The van der Waals surface area contributed by atoms with Crippen LogP contribution in [0.3, 0.4) is 0 Å². The van der Waals surface area contributed by atoms with Gasteiger partial charge in [0, 0.05) is 44.3 Å². The molecule has 0 aromatic rings. The molecule has 0 saturated carbocycles. The normalized spacial score (nSPS) is 27.3. The van der Waals surface area contributed by atoms with E-state index in [0.29, 0.717) is 12.6 Å². The van der Waals surface area contributed by atoms with Crippen LogP contribution < -0.4 is 5.32 Å². The molecule has 106 valence electrons. The Hall–Kier alpha value is -0.160. The molecule has 0 unspecified atom stereocenters. The Morgan fingerprint density at radius 2 is 1.83 bits per heavy atom. The van der Waals surface area contributed by atoms with E-state index >= 15 is 0 Å². The molecule has 18 heavy (non-hydrogen) atoms. The first kappa shape index (κ1) is 14.3. The number of nitrogens with zero attached hydrogens (tertiary/aromatic N) is 2. The summed E-state index contributed by atoms with van der Waals surface area (Å²) in [6.07, 6.45) is 3.43. The zero-order valence-corrected chi connectivity index (χ0v) is 12.0. The summed E-state index contributed by atoms with van der Waals surface area (Å²) in [5.74, 6) is 0. The molecule has 0 aromatic carbocycles. The van der Waals surface area contributed by atoms with Crippen molar-refractivity contribution in [1.29, 1.82) is 0 Å². The molecule has 2 saturated heterocycles. The Labute approximate surface area is 111 Å². The first-order valence-electron chi connectivity index (χ1n) is 7.49. The summed E-state index contributed by atoms with van der Waals surface area (Å²) in [6, 6.07) is 0.632. The number of hydrogen-bond donors (Lipinski definition) is 2. The van der Waals surface area contributed by atoms with Crippen LogP contribution >= 0.6 is 0 Å². The zero-order valence-electron chi connectivity index (χ0n) is 12.0. The first-order chi connectivity index (χ1) is 8.68. The van der Waals surface area contributed by atoms with E-state index in [4.69, 9.17) is 0 Å². The fraction of sp³-hybridized carbons (Fsp3) is 1.00. The molecule has 4 heteroatoms. The van der Waals surface area contributed by atoms with Crippen LogP contribution in [0.2, 0.25) is 0 Å². The van der Waals surface area contributed by atoms with Gasteiger partial charge in [-0.05, 0) is 39.7 Å². The number of nitrogens with one attached hydrogen (secondary N) is 1. The molecule has 2 heterocycles. The van der Waals surface area contributed by atoms with Crippen molar-refractivity contribution >= 4 is 0 Å². The summed E-state index contributed by atoms with van der Waals surface area (Å²) >= 11 is 0. The number of aliphatic hydroxyl groups is 1. The Morgan fingerprint density at radius 3 is 2.44 bits per heavy atom. The maximum absolute atomic E-state index is 9.93. The monoisotopic (exact) mass is 255 g/mol. The summed E-state index contributed by atoms with van der Waals surface area (Å²) < 4.78 is 0. The molecule has 4 nitrogen and oxygen atoms in total. The molecule has 2 N–H and O–H groups in total. The predicted molar refractivity (Wildman–Crippen MR) is 74.8 cm³/mol. The number of piperidine rings is 1. The maximum Gasteiger partial charge on any atom is 0.0616 e. The number of aliphatic hydroxyl groups excluding tert-OH is 1. The molecule has 2 aliphatic rings. The number of likely N-dealkylation sites (tertiary alicyclic amines) is 1. The van der Waals surface area contributed by atoms with Crippen molar-refractivity contribution in [2.45, 2.75) is 44.7 Å². The Bertz CT molecular complexity index is 241. The second-order valence-corrected chi connectivity index (χ2v) is 6.10.